The van der Waals surface area contributed by atoms with Gasteiger partial charge in [0.25, 0.3) is 0 Å². The molecule has 0 heterocycles. The summed E-state index contributed by atoms with van der Waals surface area (Å²) in [5.74, 6) is 0.811. The van der Waals surface area contributed by atoms with Crippen LogP contribution in [0.25, 0.3) is 0 Å². The SMILES string of the molecule is COc1ccc(C[NH2+][C@@H](C)Cc2cccc(C(F)(F)F)c2)cc1. The minimum absolute atomic E-state index is 0.195. The summed E-state index contributed by atoms with van der Waals surface area (Å²) in [6, 6.07) is 13.5. The highest BCUT2D eigenvalue weighted by molar-refractivity contribution is 5.27. The topological polar surface area (TPSA) is 25.8 Å². The lowest BCUT2D eigenvalue weighted by molar-refractivity contribution is -0.701. The van der Waals surface area contributed by atoms with Crippen LogP contribution in [0.3, 0.4) is 0 Å². The fraction of sp³-hybridized carbons (Fsp3) is 0.333. The van der Waals surface area contributed by atoms with Gasteiger partial charge < -0.3 is 10.1 Å². The number of hydrogen-bond donors (Lipinski definition) is 1. The van der Waals surface area contributed by atoms with Crippen LogP contribution >= 0.6 is 0 Å². The quantitative estimate of drug-likeness (QED) is 0.866. The zero-order valence-electron chi connectivity index (χ0n) is 13.2. The monoisotopic (exact) mass is 324 g/mol. The normalized spacial score (nSPS) is 12.9. The summed E-state index contributed by atoms with van der Waals surface area (Å²) in [6.07, 6.45) is -3.69. The van der Waals surface area contributed by atoms with Gasteiger partial charge in [-0.1, -0.05) is 18.2 Å². The number of nitrogens with two attached hydrogens (primary N) is 1. The highest BCUT2D eigenvalue weighted by atomic mass is 19.4. The highest BCUT2D eigenvalue weighted by Gasteiger charge is 2.30. The van der Waals surface area contributed by atoms with Gasteiger partial charge >= 0.3 is 6.18 Å². The molecule has 23 heavy (non-hydrogen) atoms. The summed E-state index contributed by atoms with van der Waals surface area (Å²) >= 11 is 0. The molecule has 0 radical (unpaired) electrons. The molecule has 0 aliphatic rings. The van der Waals surface area contributed by atoms with E-state index in [1.54, 1.807) is 13.2 Å². The van der Waals surface area contributed by atoms with Gasteiger partial charge in [-0.2, -0.15) is 13.2 Å². The molecule has 124 valence electrons. The Morgan fingerprint density at radius 3 is 2.35 bits per heavy atom. The molecule has 5 heteroatoms. The van der Waals surface area contributed by atoms with E-state index < -0.39 is 11.7 Å². The Morgan fingerprint density at radius 2 is 1.74 bits per heavy atom. The van der Waals surface area contributed by atoms with E-state index in [0.29, 0.717) is 12.0 Å². The standard InChI is InChI=1S/C18H20F3NO/c1-13(22-12-14-6-8-17(23-2)9-7-14)10-15-4-3-5-16(11-15)18(19,20)21/h3-9,11,13,22H,10,12H2,1-2H3/p+1/t13-/m0/s1. The maximum atomic E-state index is 12.7. The third kappa shape index (κ3) is 5.28. The lowest BCUT2D eigenvalue weighted by Gasteiger charge is -2.13. The minimum Gasteiger partial charge on any atom is -0.497 e. The summed E-state index contributed by atoms with van der Waals surface area (Å²) in [6.45, 7) is 2.80. The molecule has 0 aromatic heterocycles. The average Bonchev–Trinajstić information content (AvgIpc) is 2.53. The summed E-state index contributed by atoms with van der Waals surface area (Å²) in [5.41, 5.74) is 1.28. The van der Waals surface area contributed by atoms with Crippen LogP contribution in [0, 0.1) is 0 Å². The van der Waals surface area contributed by atoms with Gasteiger partial charge in [0.2, 0.25) is 0 Å². The first-order valence-corrected chi connectivity index (χ1v) is 7.51. The third-order valence-corrected chi connectivity index (χ3v) is 3.73. The van der Waals surface area contributed by atoms with Crippen molar-refractivity contribution in [3.8, 4) is 5.75 Å². The van der Waals surface area contributed by atoms with E-state index in [0.717, 1.165) is 23.9 Å². The summed E-state index contributed by atoms with van der Waals surface area (Å²) in [7, 11) is 1.62. The molecule has 0 aliphatic carbocycles. The number of methoxy groups -OCH3 is 1. The van der Waals surface area contributed by atoms with Crippen molar-refractivity contribution in [2.45, 2.75) is 32.1 Å². The summed E-state index contributed by atoms with van der Waals surface area (Å²) in [5, 5.41) is 2.13. The van der Waals surface area contributed by atoms with Crippen LogP contribution in [-0.4, -0.2) is 13.2 Å². The van der Waals surface area contributed by atoms with Gasteiger partial charge in [0.15, 0.2) is 0 Å². The van der Waals surface area contributed by atoms with Crippen LogP contribution in [0.4, 0.5) is 13.2 Å². The Hall–Kier alpha value is -2.01. The molecule has 0 spiro atoms. The maximum absolute atomic E-state index is 12.7. The van der Waals surface area contributed by atoms with E-state index in [2.05, 4.69) is 5.32 Å². The molecule has 0 aliphatic heterocycles. The first-order chi connectivity index (χ1) is 10.9. The molecular formula is C18H21F3NO+. The van der Waals surface area contributed by atoms with E-state index in [1.165, 1.54) is 12.1 Å². The van der Waals surface area contributed by atoms with Crippen LogP contribution in [0.1, 0.15) is 23.6 Å². The molecule has 0 fully saturated rings. The van der Waals surface area contributed by atoms with E-state index in [9.17, 15) is 13.2 Å². The third-order valence-electron chi connectivity index (χ3n) is 3.73. The molecule has 2 aromatic carbocycles. The molecular weight excluding hydrogens is 303 g/mol. The van der Waals surface area contributed by atoms with Gasteiger partial charge in [-0.15, -0.1) is 0 Å². The number of ether oxygens (including phenoxy) is 1. The van der Waals surface area contributed by atoms with E-state index in [4.69, 9.17) is 4.74 Å². The number of rotatable bonds is 6. The van der Waals surface area contributed by atoms with Crippen molar-refractivity contribution in [2.75, 3.05) is 7.11 Å². The van der Waals surface area contributed by atoms with Crippen molar-refractivity contribution in [3.63, 3.8) is 0 Å². The van der Waals surface area contributed by atoms with Crippen LogP contribution < -0.4 is 10.1 Å². The van der Waals surface area contributed by atoms with Gasteiger partial charge in [-0.3, -0.25) is 0 Å². The lowest BCUT2D eigenvalue weighted by Crippen LogP contribution is -2.88. The Morgan fingerprint density at radius 1 is 1.04 bits per heavy atom. The zero-order chi connectivity index (χ0) is 16.9. The Labute approximate surface area is 134 Å². The second-order valence-electron chi connectivity index (χ2n) is 5.67. The molecule has 2 N–H and O–H groups in total. The number of alkyl halides is 3. The summed E-state index contributed by atoms with van der Waals surface area (Å²) < 4.78 is 43.3. The van der Waals surface area contributed by atoms with E-state index in [1.807, 2.05) is 31.2 Å². The average molecular weight is 324 g/mol. The van der Waals surface area contributed by atoms with Gasteiger partial charge in [-0.25, -0.2) is 0 Å². The van der Waals surface area contributed by atoms with Crippen LogP contribution in [0.5, 0.6) is 5.75 Å². The van der Waals surface area contributed by atoms with Gasteiger partial charge in [0, 0.05) is 12.0 Å². The molecule has 0 amide bonds. The molecule has 2 nitrogen and oxygen atoms in total. The van der Waals surface area contributed by atoms with Crippen LogP contribution in [0.15, 0.2) is 48.5 Å². The molecule has 0 bridgehead atoms. The minimum atomic E-state index is -4.29. The second kappa shape index (κ2) is 7.51. The molecule has 0 saturated carbocycles. The smallest absolute Gasteiger partial charge is 0.416 e. The van der Waals surface area contributed by atoms with E-state index >= 15 is 0 Å². The molecule has 1 atom stereocenters. The fourth-order valence-corrected chi connectivity index (χ4v) is 2.43. The first kappa shape index (κ1) is 17.3. The van der Waals surface area contributed by atoms with Crippen molar-refractivity contribution in [1.29, 1.82) is 0 Å². The predicted octanol–water partition coefficient (Wildman–Crippen LogP) is 3.41. The van der Waals surface area contributed by atoms with Crippen molar-refractivity contribution in [3.05, 3.63) is 65.2 Å². The predicted molar refractivity (Wildman–Crippen MR) is 83.2 cm³/mol. The Balaban J connectivity index is 1.90. The van der Waals surface area contributed by atoms with Gasteiger partial charge in [0.1, 0.15) is 12.3 Å². The largest absolute Gasteiger partial charge is 0.497 e. The van der Waals surface area contributed by atoms with Crippen molar-refractivity contribution < 1.29 is 23.2 Å². The lowest BCUT2D eigenvalue weighted by atomic mass is 10.0. The van der Waals surface area contributed by atoms with Crippen molar-refractivity contribution in [2.24, 2.45) is 0 Å². The summed E-state index contributed by atoms with van der Waals surface area (Å²) in [4.78, 5) is 0. The van der Waals surface area contributed by atoms with Gasteiger partial charge in [-0.05, 0) is 42.8 Å². The zero-order valence-corrected chi connectivity index (χ0v) is 13.2. The van der Waals surface area contributed by atoms with Crippen LogP contribution in [-0.2, 0) is 19.1 Å². The molecule has 2 rings (SSSR count). The van der Waals surface area contributed by atoms with Crippen LogP contribution in [0.2, 0.25) is 0 Å². The first-order valence-electron chi connectivity index (χ1n) is 7.51. The second-order valence-corrected chi connectivity index (χ2v) is 5.67. The van der Waals surface area contributed by atoms with Gasteiger partial charge in [0.05, 0.1) is 18.7 Å². The molecule has 0 saturated heterocycles. The maximum Gasteiger partial charge on any atom is 0.416 e. The Kier molecular flexibility index (Phi) is 5.66. The highest BCUT2D eigenvalue weighted by Crippen LogP contribution is 2.29. The number of hydrogen-bond acceptors (Lipinski definition) is 1. The Bertz CT molecular complexity index is 623. The van der Waals surface area contributed by atoms with Crippen molar-refractivity contribution >= 4 is 0 Å². The number of benzene rings is 2. The molecule has 0 unspecified atom stereocenters. The van der Waals surface area contributed by atoms with E-state index in [-0.39, 0.29) is 6.04 Å². The number of quaternary nitrogens is 1. The fourth-order valence-electron chi connectivity index (χ4n) is 2.43. The van der Waals surface area contributed by atoms with Crippen molar-refractivity contribution in [1.82, 2.24) is 0 Å². The number of halogens is 3. The molecule has 2 aromatic rings.